The summed E-state index contributed by atoms with van der Waals surface area (Å²) in [6.07, 6.45) is 7.50. The Bertz CT molecular complexity index is 1400. The Morgan fingerprint density at radius 3 is 2.52 bits per heavy atom. The van der Waals surface area contributed by atoms with Crippen LogP contribution in [-0.4, -0.2) is 47.5 Å². The Balaban J connectivity index is 1.71. The lowest BCUT2D eigenvalue weighted by Gasteiger charge is -2.18. The van der Waals surface area contributed by atoms with Crippen LogP contribution in [0, 0.1) is 5.82 Å². The van der Waals surface area contributed by atoms with E-state index in [-0.39, 0.29) is 35.2 Å². The molecular weight excluding hydrogens is 427 g/mol. The predicted molar refractivity (Wildman–Crippen MR) is 120 cm³/mol. The highest BCUT2D eigenvalue weighted by molar-refractivity contribution is 6.04. The van der Waals surface area contributed by atoms with Gasteiger partial charge in [-0.25, -0.2) is 9.37 Å². The standard InChI is InChI=1S/C23H23FN6O3/c1-23(2,33)13-27-21(31)17-12-30(22(32)20-19(17)25-6-7-26-20)11-15-5-4-14(8-18(15)24)16-9-28-29(3)10-16/h4-10,12,33H,11,13H2,1-3H3,(H,27,31). The molecule has 4 rings (SSSR count). The summed E-state index contributed by atoms with van der Waals surface area (Å²) in [6, 6.07) is 4.73. The highest BCUT2D eigenvalue weighted by Gasteiger charge is 2.20. The van der Waals surface area contributed by atoms with Crippen molar-refractivity contribution in [3.63, 3.8) is 0 Å². The largest absolute Gasteiger partial charge is 0.389 e. The second-order valence-corrected chi connectivity index (χ2v) is 8.43. The summed E-state index contributed by atoms with van der Waals surface area (Å²) in [4.78, 5) is 34.0. The molecular formula is C23H23FN6O3. The lowest BCUT2D eigenvalue weighted by Crippen LogP contribution is -2.38. The number of aryl methyl sites for hydroxylation is 1. The number of aromatic nitrogens is 5. The van der Waals surface area contributed by atoms with Crippen molar-refractivity contribution in [3.8, 4) is 11.1 Å². The van der Waals surface area contributed by atoms with Crippen LogP contribution in [0.25, 0.3) is 22.2 Å². The van der Waals surface area contributed by atoms with E-state index < -0.39 is 22.9 Å². The smallest absolute Gasteiger partial charge is 0.279 e. The number of nitrogens with one attached hydrogen (secondary N) is 1. The molecule has 1 amide bonds. The fraction of sp³-hybridized carbons (Fsp3) is 0.261. The third kappa shape index (κ3) is 4.80. The van der Waals surface area contributed by atoms with Crippen molar-refractivity contribution in [2.45, 2.75) is 26.0 Å². The van der Waals surface area contributed by atoms with E-state index in [1.165, 1.54) is 29.2 Å². The molecule has 0 unspecified atom stereocenters. The van der Waals surface area contributed by atoms with E-state index in [0.717, 1.165) is 5.56 Å². The highest BCUT2D eigenvalue weighted by Crippen LogP contribution is 2.22. The van der Waals surface area contributed by atoms with Crippen molar-refractivity contribution in [1.29, 1.82) is 0 Å². The molecule has 0 saturated heterocycles. The van der Waals surface area contributed by atoms with Gasteiger partial charge >= 0.3 is 0 Å². The normalized spacial score (nSPS) is 11.7. The van der Waals surface area contributed by atoms with Crippen molar-refractivity contribution in [2.24, 2.45) is 7.05 Å². The van der Waals surface area contributed by atoms with Gasteiger partial charge in [0.25, 0.3) is 11.5 Å². The summed E-state index contributed by atoms with van der Waals surface area (Å²) in [5, 5.41) is 16.6. The first-order valence-electron chi connectivity index (χ1n) is 10.2. The van der Waals surface area contributed by atoms with E-state index in [0.29, 0.717) is 5.56 Å². The zero-order valence-corrected chi connectivity index (χ0v) is 18.4. The molecule has 0 bridgehead atoms. The Hall–Kier alpha value is -3.92. The molecule has 9 nitrogen and oxygen atoms in total. The molecule has 3 aromatic heterocycles. The minimum Gasteiger partial charge on any atom is -0.389 e. The number of nitrogens with zero attached hydrogens (tertiary/aromatic N) is 5. The molecule has 10 heteroatoms. The van der Waals surface area contributed by atoms with Gasteiger partial charge in [-0.1, -0.05) is 12.1 Å². The van der Waals surface area contributed by atoms with Gasteiger partial charge in [0.2, 0.25) is 0 Å². The van der Waals surface area contributed by atoms with Gasteiger partial charge in [-0.15, -0.1) is 0 Å². The van der Waals surface area contributed by atoms with Crippen molar-refractivity contribution in [3.05, 3.63) is 76.5 Å². The second kappa shape index (κ2) is 8.55. The van der Waals surface area contributed by atoms with Crippen LogP contribution < -0.4 is 10.9 Å². The highest BCUT2D eigenvalue weighted by atomic mass is 19.1. The van der Waals surface area contributed by atoms with Gasteiger partial charge in [0.15, 0.2) is 5.52 Å². The van der Waals surface area contributed by atoms with Crippen LogP contribution >= 0.6 is 0 Å². The molecule has 0 saturated carbocycles. The van der Waals surface area contributed by atoms with E-state index in [9.17, 15) is 19.1 Å². The number of benzene rings is 1. The van der Waals surface area contributed by atoms with Crippen LogP contribution in [0.15, 0.2) is 54.0 Å². The maximum absolute atomic E-state index is 14.9. The number of carbonyl (C=O) groups excluding carboxylic acids is 1. The first kappa shape index (κ1) is 22.3. The van der Waals surface area contributed by atoms with Gasteiger partial charge < -0.3 is 15.0 Å². The Morgan fingerprint density at radius 2 is 1.88 bits per heavy atom. The van der Waals surface area contributed by atoms with E-state index >= 15 is 0 Å². The lowest BCUT2D eigenvalue weighted by molar-refractivity contribution is 0.0694. The van der Waals surface area contributed by atoms with Gasteiger partial charge in [-0.05, 0) is 25.5 Å². The lowest BCUT2D eigenvalue weighted by atomic mass is 10.1. The average molecular weight is 450 g/mol. The fourth-order valence-corrected chi connectivity index (χ4v) is 3.39. The molecule has 4 aromatic rings. The molecule has 3 heterocycles. The number of hydrogen-bond acceptors (Lipinski definition) is 6. The zero-order valence-electron chi connectivity index (χ0n) is 18.4. The summed E-state index contributed by atoms with van der Waals surface area (Å²) in [7, 11) is 1.78. The number of aliphatic hydroxyl groups is 1. The minimum absolute atomic E-state index is 0.000738. The zero-order chi connectivity index (χ0) is 23.8. The number of hydrogen-bond donors (Lipinski definition) is 2. The number of rotatable bonds is 6. The molecule has 170 valence electrons. The third-order valence-electron chi connectivity index (χ3n) is 5.06. The minimum atomic E-state index is -1.12. The first-order chi connectivity index (χ1) is 15.6. The average Bonchev–Trinajstić information content (AvgIpc) is 3.21. The van der Waals surface area contributed by atoms with Gasteiger partial charge in [0, 0.05) is 49.5 Å². The summed E-state index contributed by atoms with van der Waals surface area (Å²) in [5.41, 5.74) is 0.336. The van der Waals surface area contributed by atoms with Crippen LogP contribution in [0.1, 0.15) is 29.8 Å². The number of halogens is 1. The molecule has 2 N–H and O–H groups in total. The monoisotopic (exact) mass is 450 g/mol. The Morgan fingerprint density at radius 1 is 1.15 bits per heavy atom. The maximum Gasteiger partial charge on any atom is 0.279 e. The molecule has 0 spiro atoms. The van der Waals surface area contributed by atoms with Crippen LogP contribution in [0.5, 0.6) is 0 Å². The fourth-order valence-electron chi connectivity index (χ4n) is 3.39. The van der Waals surface area contributed by atoms with Crippen molar-refractivity contribution in [1.82, 2.24) is 29.6 Å². The summed E-state index contributed by atoms with van der Waals surface area (Å²) in [6.45, 7) is 3.02. The second-order valence-electron chi connectivity index (χ2n) is 8.43. The van der Waals surface area contributed by atoms with Crippen LogP contribution in [-0.2, 0) is 13.6 Å². The quantitative estimate of drug-likeness (QED) is 0.464. The van der Waals surface area contributed by atoms with Gasteiger partial charge in [-0.3, -0.25) is 19.3 Å². The molecule has 0 fully saturated rings. The summed E-state index contributed by atoms with van der Waals surface area (Å²) >= 11 is 0. The topological polar surface area (TPSA) is 115 Å². The number of carbonyl (C=O) groups is 1. The predicted octanol–water partition coefficient (Wildman–Crippen LogP) is 1.88. The van der Waals surface area contributed by atoms with Gasteiger partial charge in [0.1, 0.15) is 11.3 Å². The van der Waals surface area contributed by atoms with E-state index in [2.05, 4.69) is 20.4 Å². The van der Waals surface area contributed by atoms with Crippen LogP contribution in [0.3, 0.4) is 0 Å². The molecule has 0 aliphatic rings. The number of amides is 1. The van der Waals surface area contributed by atoms with Gasteiger partial charge in [0.05, 0.1) is 23.9 Å². The summed E-state index contributed by atoms with van der Waals surface area (Å²) < 4.78 is 17.8. The first-order valence-corrected chi connectivity index (χ1v) is 10.2. The van der Waals surface area contributed by atoms with Crippen molar-refractivity contribution < 1.29 is 14.3 Å². The maximum atomic E-state index is 14.9. The summed E-state index contributed by atoms with van der Waals surface area (Å²) in [5.74, 6) is -1.01. The van der Waals surface area contributed by atoms with Crippen molar-refractivity contribution in [2.75, 3.05) is 6.54 Å². The molecule has 0 atom stereocenters. The van der Waals surface area contributed by atoms with E-state index in [4.69, 9.17) is 0 Å². The third-order valence-corrected chi connectivity index (χ3v) is 5.06. The molecule has 0 aliphatic heterocycles. The van der Waals surface area contributed by atoms with E-state index in [1.807, 2.05) is 0 Å². The number of fused-ring (bicyclic) bond motifs is 1. The Labute approximate surface area is 188 Å². The molecule has 0 radical (unpaired) electrons. The molecule has 0 aliphatic carbocycles. The van der Waals surface area contributed by atoms with Gasteiger partial charge in [-0.2, -0.15) is 5.10 Å². The Kier molecular flexibility index (Phi) is 5.77. The van der Waals surface area contributed by atoms with Crippen LogP contribution in [0.4, 0.5) is 4.39 Å². The molecule has 1 aromatic carbocycles. The van der Waals surface area contributed by atoms with Crippen molar-refractivity contribution >= 4 is 16.9 Å². The number of pyridine rings is 1. The van der Waals surface area contributed by atoms with E-state index in [1.54, 1.807) is 50.1 Å². The van der Waals surface area contributed by atoms with Crippen LogP contribution in [0.2, 0.25) is 0 Å². The molecule has 33 heavy (non-hydrogen) atoms. The SMILES string of the molecule is Cn1cc(-c2ccc(Cn3cc(C(=O)NCC(C)(C)O)c4nccnc4c3=O)c(F)c2)cn1.